The highest BCUT2D eigenvalue weighted by atomic mass is 32.1. The highest BCUT2D eigenvalue weighted by Gasteiger charge is 2.30. The third kappa shape index (κ3) is 2.54. The lowest BCUT2D eigenvalue weighted by Crippen LogP contribution is -2.39. The fraction of sp³-hybridized carbons (Fsp3) is 0.643. The number of nitrogens with zero attached hydrogens (tertiary/aromatic N) is 1. The molecule has 0 radical (unpaired) electrons. The Hall–Kier alpha value is -0.830. The Balaban J connectivity index is 2.17. The number of rotatable bonds is 3. The lowest BCUT2D eigenvalue weighted by Gasteiger charge is -2.36. The van der Waals surface area contributed by atoms with Crippen LogP contribution in [0.3, 0.4) is 0 Å². The number of hydrogen-bond donors (Lipinski definition) is 0. The largest absolute Gasteiger partial charge is 0.335 e. The molecule has 0 fully saturated rings. The Morgan fingerprint density at radius 3 is 3.00 bits per heavy atom. The van der Waals surface area contributed by atoms with Gasteiger partial charge in [-0.1, -0.05) is 20.8 Å². The summed E-state index contributed by atoms with van der Waals surface area (Å²) in [4.78, 5) is 15.8. The first-order valence-electron chi connectivity index (χ1n) is 6.49. The molecule has 94 valence electrons. The standard InChI is InChI=1S/C14H21NOS/c1-4-12-11-6-8-17-13(11)5-7-15(12)14(16)9-10(2)3/h6,8,10,12H,4-5,7,9H2,1-3H3. The summed E-state index contributed by atoms with van der Waals surface area (Å²) in [7, 11) is 0. The van der Waals surface area contributed by atoms with Crippen LogP contribution in [0.2, 0.25) is 0 Å². The minimum Gasteiger partial charge on any atom is -0.335 e. The molecule has 0 saturated heterocycles. The van der Waals surface area contributed by atoms with Gasteiger partial charge in [-0.15, -0.1) is 11.3 Å². The summed E-state index contributed by atoms with van der Waals surface area (Å²) >= 11 is 1.83. The van der Waals surface area contributed by atoms with Gasteiger partial charge in [0.2, 0.25) is 5.91 Å². The lowest BCUT2D eigenvalue weighted by molar-refractivity contribution is -0.135. The molecule has 1 unspecified atom stereocenters. The van der Waals surface area contributed by atoms with E-state index in [1.54, 1.807) is 0 Å². The van der Waals surface area contributed by atoms with E-state index < -0.39 is 0 Å². The van der Waals surface area contributed by atoms with E-state index in [1.165, 1.54) is 10.4 Å². The molecular weight excluding hydrogens is 230 g/mol. The summed E-state index contributed by atoms with van der Waals surface area (Å²) in [6.45, 7) is 7.29. The van der Waals surface area contributed by atoms with Gasteiger partial charge >= 0.3 is 0 Å². The predicted octanol–water partition coefficient (Wildman–Crippen LogP) is 3.63. The lowest BCUT2D eigenvalue weighted by atomic mass is 9.96. The van der Waals surface area contributed by atoms with Crippen molar-refractivity contribution in [2.75, 3.05) is 6.54 Å². The van der Waals surface area contributed by atoms with Crippen molar-refractivity contribution >= 4 is 17.2 Å². The van der Waals surface area contributed by atoms with Gasteiger partial charge in [-0.3, -0.25) is 4.79 Å². The van der Waals surface area contributed by atoms with Crippen molar-refractivity contribution in [3.05, 3.63) is 21.9 Å². The van der Waals surface area contributed by atoms with Gasteiger partial charge in [-0.25, -0.2) is 0 Å². The average Bonchev–Trinajstić information content (AvgIpc) is 2.74. The number of fused-ring (bicyclic) bond motifs is 1. The van der Waals surface area contributed by atoms with Crippen molar-refractivity contribution < 1.29 is 4.79 Å². The monoisotopic (exact) mass is 251 g/mol. The fourth-order valence-electron chi connectivity index (χ4n) is 2.60. The van der Waals surface area contributed by atoms with Crippen LogP contribution in [-0.2, 0) is 11.2 Å². The fourth-order valence-corrected chi connectivity index (χ4v) is 3.53. The molecule has 3 heteroatoms. The van der Waals surface area contributed by atoms with Crippen molar-refractivity contribution in [2.45, 2.75) is 46.1 Å². The van der Waals surface area contributed by atoms with Gasteiger partial charge in [0.1, 0.15) is 0 Å². The van der Waals surface area contributed by atoms with Crippen molar-refractivity contribution in [2.24, 2.45) is 5.92 Å². The molecule has 1 atom stereocenters. The van der Waals surface area contributed by atoms with Gasteiger partial charge < -0.3 is 4.90 Å². The van der Waals surface area contributed by atoms with Crippen molar-refractivity contribution in [1.29, 1.82) is 0 Å². The Labute approximate surface area is 108 Å². The second kappa shape index (κ2) is 5.21. The van der Waals surface area contributed by atoms with Gasteiger partial charge in [0, 0.05) is 17.8 Å². The zero-order valence-electron chi connectivity index (χ0n) is 10.9. The Morgan fingerprint density at radius 2 is 2.35 bits per heavy atom. The quantitative estimate of drug-likeness (QED) is 0.803. The van der Waals surface area contributed by atoms with E-state index in [-0.39, 0.29) is 0 Å². The van der Waals surface area contributed by atoms with Crippen LogP contribution in [0.5, 0.6) is 0 Å². The number of thiophene rings is 1. The highest BCUT2D eigenvalue weighted by molar-refractivity contribution is 7.10. The average molecular weight is 251 g/mol. The SMILES string of the molecule is CCC1c2ccsc2CCN1C(=O)CC(C)C. The molecule has 0 bridgehead atoms. The second-order valence-electron chi connectivity index (χ2n) is 5.16. The molecule has 0 saturated carbocycles. The summed E-state index contributed by atoms with van der Waals surface area (Å²) in [6.07, 6.45) is 2.73. The maximum atomic E-state index is 12.2. The topological polar surface area (TPSA) is 20.3 Å². The molecule has 1 aromatic rings. The van der Waals surface area contributed by atoms with E-state index in [4.69, 9.17) is 0 Å². The molecule has 1 aliphatic rings. The van der Waals surface area contributed by atoms with E-state index >= 15 is 0 Å². The van der Waals surface area contributed by atoms with Crippen molar-refractivity contribution in [3.63, 3.8) is 0 Å². The minimum atomic E-state index is 0.316. The van der Waals surface area contributed by atoms with E-state index in [0.717, 1.165) is 19.4 Å². The van der Waals surface area contributed by atoms with Crippen molar-refractivity contribution in [3.8, 4) is 0 Å². The molecule has 1 aromatic heterocycles. The smallest absolute Gasteiger partial charge is 0.223 e. The summed E-state index contributed by atoms with van der Waals surface area (Å²) in [5.74, 6) is 0.771. The normalized spacial score (nSPS) is 19.5. The third-order valence-electron chi connectivity index (χ3n) is 3.38. The molecular formula is C14H21NOS. The van der Waals surface area contributed by atoms with Crippen LogP contribution in [0.1, 0.15) is 50.1 Å². The highest BCUT2D eigenvalue weighted by Crippen LogP contribution is 2.35. The summed E-state index contributed by atoms with van der Waals surface area (Å²) in [5.41, 5.74) is 1.39. The molecule has 2 nitrogen and oxygen atoms in total. The molecule has 0 aliphatic carbocycles. The van der Waals surface area contributed by atoms with Gasteiger partial charge in [-0.05, 0) is 35.8 Å². The molecule has 1 amide bonds. The first-order chi connectivity index (χ1) is 8.13. The van der Waals surface area contributed by atoms with E-state index in [9.17, 15) is 4.79 Å². The molecule has 17 heavy (non-hydrogen) atoms. The summed E-state index contributed by atoms with van der Waals surface area (Å²) in [6, 6.07) is 2.51. The maximum absolute atomic E-state index is 12.2. The van der Waals surface area contributed by atoms with Crippen LogP contribution in [0.15, 0.2) is 11.4 Å². The first-order valence-corrected chi connectivity index (χ1v) is 7.37. The molecule has 0 spiro atoms. The molecule has 0 N–H and O–H groups in total. The van der Waals surface area contributed by atoms with Gasteiger partial charge in [0.25, 0.3) is 0 Å². The van der Waals surface area contributed by atoms with Crippen LogP contribution < -0.4 is 0 Å². The van der Waals surface area contributed by atoms with Crippen LogP contribution in [0.4, 0.5) is 0 Å². The van der Waals surface area contributed by atoms with Crippen molar-refractivity contribution in [1.82, 2.24) is 4.90 Å². The van der Waals surface area contributed by atoms with Crippen LogP contribution in [-0.4, -0.2) is 17.4 Å². The minimum absolute atomic E-state index is 0.316. The number of carbonyl (C=O) groups excluding carboxylic acids is 1. The van der Waals surface area contributed by atoms with Gasteiger partial charge in [-0.2, -0.15) is 0 Å². The second-order valence-corrected chi connectivity index (χ2v) is 6.16. The first kappa shape index (κ1) is 12.6. The number of carbonyl (C=O) groups is 1. The Kier molecular flexibility index (Phi) is 3.87. The van der Waals surface area contributed by atoms with Crippen LogP contribution in [0.25, 0.3) is 0 Å². The number of hydrogen-bond acceptors (Lipinski definition) is 2. The Morgan fingerprint density at radius 1 is 1.59 bits per heavy atom. The zero-order valence-corrected chi connectivity index (χ0v) is 11.7. The van der Waals surface area contributed by atoms with Gasteiger partial charge in [0.05, 0.1) is 6.04 Å². The summed E-state index contributed by atoms with van der Waals surface area (Å²) < 4.78 is 0. The van der Waals surface area contributed by atoms with Gasteiger partial charge in [0.15, 0.2) is 0 Å². The Bertz CT molecular complexity index is 397. The molecule has 0 aromatic carbocycles. The summed E-state index contributed by atoms with van der Waals surface area (Å²) in [5, 5.41) is 2.16. The van der Waals surface area contributed by atoms with Crippen LogP contribution in [0, 0.1) is 5.92 Å². The van der Waals surface area contributed by atoms with E-state index in [1.807, 2.05) is 11.3 Å². The van der Waals surface area contributed by atoms with Crippen LogP contribution >= 0.6 is 11.3 Å². The van der Waals surface area contributed by atoms with E-state index in [2.05, 4.69) is 37.1 Å². The molecule has 1 aliphatic heterocycles. The predicted molar refractivity (Wildman–Crippen MR) is 72.2 cm³/mol. The molecule has 2 rings (SSSR count). The van der Waals surface area contributed by atoms with E-state index in [0.29, 0.717) is 24.3 Å². The maximum Gasteiger partial charge on any atom is 0.223 e. The molecule has 2 heterocycles. The zero-order chi connectivity index (χ0) is 12.4. The number of amides is 1. The third-order valence-corrected chi connectivity index (χ3v) is 4.38.